The van der Waals surface area contributed by atoms with Crippen LogP contribution in [0.1, 0.15) is 115 Å². The SMILES string of the molecule is [2H]C([2H])([2H])c1cc(-c2ccc(C(C)(C)C)cc2)ccc1-n1c(-c2cc(C(C)(C)C)cc(C(C)(C)C)c2O)nc2c(-c3cc(-c4cc(-c5ccccc5)ccn4)cc(C(C)(C)C)c3)cccc21. The summed E-state index contributed by atoms with van der Waals surface area (Å²) in [7, 11) is 0. The summed E-state index contributed by atoms with van der Waals surface area (Å²) in [5, 5.41) is 12.5. The van der Waals surface area contributed by atoms with Crippen LogP contribution in [0.5, 0.6) is 5.75 Å². The van der Waals surface area contributed by atoms with E-state index in [2.05, 4.69) is 156 Å². The Labute approximate surface area is 380 Å². The number of fused-ring (bicyclic) bond motifs is 1. The zero-order valence-corrected chi connectivity index (χ0v) is 39.1. The van der Waals surface area contributed by atoms with Crippen molar-refractivity contribution >= 4 is 11.0 Å². The van der Waals surface area contributed by atoms with Gasteiger partial charge in [-0.05, 0) is 127 Å². The number of aromatic nitrogens is 3. The Kier molecular flexibility index (Phi) is 9.94. The van der Waals surface area contributed by atoms with E-state index in [-0.39, 0.29) is 27.6 Å². The van der Waals surface area contributed by atoms with Crippen LogP contribution >= 0.6 is 0 Å². The average molecular weight is 833 g/mol. The van der Waals surface area contributed by atoms with Crippen LogP contribution in [0, 0.1) is 6.85 Å². The Morgan fingerprint density at radius 2 is 1.11 bits per heavy atom. The fourth-order valence-electron chi connectivity index (χ4n) is 8.40. The van der Waals surface area contributed by atoms with Crippen LogP contribution in [0.4, 0.5) is 0 Å². The summed E-state index contributed by atoms with van der Waals surface area (Å²) >= 11 is 0. The molecule has 0 saturated carbocycles. The normalized spacial score (nSPS) is 13.5. The first-order chi connectivity index (χ1) is 30.8. The van der Waals surface area contributed by atoms with Crippen molar-refractivity contribution in [2.45, 2.75) is 112 Å². The van der Waals surface area contributed by atoms with Crippen molar-refractivity contribution in [1.82, 2.24) is 14.5 Å². The number of phenols is 1. The zero-order chi connectivity index (χ0) is 47.7. The summed E-state index contributed by atoms with van der Waals surface area (Å²) in [6.45, 7) is 23.5. The van der Waals surface area contributed by atoms with Crippen LogP contribution in [-0.4, -0.2) is 19.6 Å². The maximum absolute atomic E-state index is 12.5. The van der Waals surface area contributed by atoms with Gasteiger partial charge in [0.05, 0.1) is 28.0 Å². The molecule has 320 valence electrons. The third kappa shape index (κ3) is 8.61. The van der Waals surface area contributed by atoms with Gasteiger partial charge in [-0.3, -0.25) is 9.55 Å². The van der Waals surface area contributed by atoms with Gasteiger partial charge in [0.1, 0.15) is 11.6 Å². The average Bonchev–Trinajstić information content (AvgIpc) is 3.64. The maximum Gasteiger partial charge on any atom is 0.149 e. The Balaban J connectivity index is 1.43. The molecule has 0 aliphatic carbocycles. The first-order valence-electron chi connectivity index (χ1n) is 23.6. The highest BCUT2D eigenvalue weighted by molar-refractivity contribution is 5.97. The molecule has 8 rings (SSSR count). The van der Waals surface area contributed by atoms with Gasteiger partial charge in [0.15, 0.2) is 0 Å². The largest absolute Gasteiger partial charge is 0.507 e. The minimum absolute atomic E-state index is 0.0212. The molecular formula is C59H63N3O. The number of pyridine rings is 1. The summed E-state index contributed by atoms with van der Waals surface area (Å²) < 4.78 is 29.0. The van der Waals surface area contributed by atoms with Crippen LogP contribution in [0.25, 0.3) is 72.7 Å². The number of aromatic hydroxyl groups is 1. The lowest BCUT2D eigenvalue weighted by Gasteiger charge is -2.27. The van der Waals surface area contributed by atoms with Gasteiger partial charge in [-0.15, -0.1) is 0 Å². The molecule has 1 N–H and O–H groups in total. The molecular weight excluding hydrogens is 767 g/mol. The lowest BCUT2D eigenvalue weighted by Crippen LogP contribution is -2.17. The van der Waals surface area contributed by atoms with Crippen LogP contribution in [0.3, 0.4) is 0 Å². The number of benzene rings is 6. The second-order valence-corrected chi connectivity index (χ2v) is 21.3. The zero-order valence-electron chi connectivity index (χ0n) is 42.1. The Hall–Kier alpha value is -6.26. The molecule has 0 atom stereocenters. The lowest BCUT2D eigenvalue weighted by atomic mass is 9.79. The number of hydrogen-bond donors (Lipinski definition) is 1. The van der Waals surface area contributed by atoms with Crippen molar-refractivity contribution in [1.29, 1.82) is 0 Å². The van der Waals surface area contributed by atoms with E-state index in [4.69, 9.17) is 14.1 Å². The van der Waals surface area contributed by atoms with Gasteiger partial charge in [0, 0.05) is 27.0 Å². The third-order valence-corrected chi connectivity index (χ3v) is 12.3. The van der Waals surface area contributed by atoms with Crippen molar-refractivity contribution in [2.75, 3.05) is 0 Å². The second-order valence-electron chi connectivity index (χ2n) is 21.3. The predicted molar refractivity (Wildman–Crippen MR) is 267 cm³/mol. The van der Waals surface area contributed by atoms with Crippen molar-refractivity contribution in [3.05, 3.63) is 167 Å². The van der Waals surface area contributed by atoms with Gasteiger partial charge in [0.25, 0.3) is 0 Å². The highest BCUT2D eigenvalue weighted by atomic mass is 16.3. The molecule has 0 amide bonds. The number of hydrogen-bond acceptors (Lipinski definition) is 3. The molecule has 0 aliphatic rings. The fraction of sp³-hybridized carbons (Fsp3) is 0.288. The maximum atomic E-state index is 12.5. The smallest absolute Gasteiger partial charge is 0.149 e. The van der Waals surface area contributed by atoms with Gasteiger partial charge in [-0.1, -0.05) is 168 Å². The van der Waals surface area contributed by atoms with E-state index in [9.17, 15) is 5.11 Å². The molecule has 0 radical (unpaired) electrons. The van der Waals surface area contributed by atoms with E-state index in [0.29, 0.717) is 22.6 Å². The number of phenolic OH excluding ortho intramolecular Hbond substituents is 1. The number of imidazole rings is 1. The molecule has 0 bridgehead atoms. The molecule has 8 aromatic rings. The number of rotatable bonds is 6. The molecule has 63 heavy (non-hydrogen) atoms. The van der Waals surface area contributed by atoms with Crippen LogP contribution in [0.15, 0.2) is 140 Å². The number of para-hydroxylation sites is 1. The first kappa shape index (κ1) is 39.6. The molecule has 0 saturated heterocycles. The van der Waals surface area contributed by atoms with E-state index in [1.807, 2.05) is 65.4 Å². The summed E-state index contributed by atoms with van der Waals surface area (Å²) in [4.78, 5) is 10.4. The summed E-state index contributed by atoms with van der Waals surface area (Å²) in [6, 6.07) is 45.5. The third-order valence-electron chi connectivity index (χ3n) is 12.3. The van der Waals surface area contributed by atoms with E-state index < -0.39 is 12.3 Å². The highest BCUT2D eigenvalue weighted by Gasteiger charge is 2.29. The standard InChI is InChI=1S/C59H63N3O/c1-37-30-40(39-22-25-44(26-23-39)56(2,3)4)24-27-51(37)62-52-21-17-20-47(53(52)61-55(62)48-35-46(58(8,9)10)36-49(54(48)63)59(11,12)13)42-31-43(33-45(32-42)57(5,6)7)50-34-41(28-29-60-50)38-18-15-14-16-19-38/h14-36,63H,1-13H3/i1D3. The minimum atomic E-state index is -2.49. The summed E-state index contributed by atoms with van der Waals surface area (Å²) in [5.74, 6) is 0.588. The highest BCUT2D eigenvalue weighted by Crippen LogP contribution is 2.45. The van der Waals surface area contributed by atoms with Gasteiger partial charge in [-0.2, -0.15) is 0 Å². The van der Waals surface area contributed by atoms with E-state index in [0.717, 1.165) is 66.8 Å². The van der Waals surface area contributed by atoms with Crippen molar-refractivity contribution in [3.63, 3.8) is 0 Å². The molecule has 4 nitrogen and oxygen atoms in total. The first-order valence-corrected chi connectivity index (χ1v) is 22.1. The molecule has 2 aromatic heterocycles. The second kappa shape index (κ2) is 15.8. The summed E-state index contributed by atoms with van der Waals surface area (Å²) in [6.07, 6.45) is 1.87. The molecule has 0 spiro atoms. The Morgan fingerprint density at radius 3 is 1.76 bits per heavy atom. The molecule has 2 heterocycles. The van der Waals surface area contributed by atoms with Crippen molar-refractivity contribution in [2.24, 2.45) is 0 Å². The van der Waals surface area contributed by atoms with Gasteiger partial charge >= 0.3 is 0 Å². The minimum Gasteiger partial charge on any atom is -0.507 e. The van der Waals surface area contributed by atoms with Crippen LogP contribution in [0.2, 0.25) is 0 Å². The monoisotopic (exact) mass is 833 g/mol. The van der Waals surface area contributed by atoms with E-state index >= 15 is 0 Å². The Bertz CT molecular complexity index is 3090. The molecule has 0 fully saturated rings. The van der Waals surface area contributed by atoms with E-state index in [1.54, 1.807) is 6.07 Å². The Morgan fingerprint density at radius 1 is 0.492 bits per heavy atom. The van der Waals surface area contributed by atoms with Crippen LogP contribution in [-0.2, 0) is 21.7 Å². The topological polar surface area (TPSA) is 50.9 Å². The quantitative estimate of drug-likeness (QED) is 0.182. The summed E-state index contributed by atoms with van der Waals surface area (Å²) in [5.41, 5.74) is 13.5. The number of aryl methyl sites for hydroxylation is 1. The van der Waals surface area contributed by atoms with Crippen molar-refractivity contribution in [3.8, 4) is 67.5 Å². The predicted octanol–water partition coefficient (Wildman–Crippen LogP) is 16.0. The van der Waals surface area contributed by atoms with E-state index in [1.165, 1.54) is 5.56 Å². The van der Waals surface area contributed by atoms with Gasteiger partial charge in [0.2, 0.25) is 0 Å². The molecule has 0 unspecified atom stereocenters. The van der Waals surface area contributed by atoms with Gasteiger partial charge < -0.3 is 5.11 Å². The molecule has 4 heteroatoms. The van der Waals surface area contributed by atoms with Crippen LogP contribution < -0.4 is 0 Å². The molecule has 6 aromatic carbocycles. The van der Waals surface area contributed by atoms with Gasteiger partial charge in [-0.25, -0.2) is 4.98 Å². The van der Waals surface area contributed by atoms with Crippen molar-refractivity contribution < 1.29 is 9.22 Å². The number of nitrogens with zero attached hydrogens (tertiary/aromatic N) is 3. The fourth-order valence-corrected chi connectivity index (χ4v) is 8.40. The molecule has 0 aliphatic heterocycles. The lowest BCUT2D eigenvalue weighted by molar-refractivity contribution is 0.446.